The maximum absolute atomic E-state index is 9.14. The fourth-order valence-electron chi connectivity index (χ4n) is 1.79. The predicted octanol–water partition coefficient (Wildman–Crippen LogP) is 3.25. The van der Waals surface area contributed by atoms with Crippen LogP contribution in [0.5, 0.6) is 0 Å². The highest BCUT2D eigenvalue weighted by Crippen LogP contribution is 2.17. The summed E-state index contributed by atoms with van der Waals surface area (Å²) in [4.78, 5) is 10.7. The zero-order valence-electron chi connectivity index (χ0n) is 12.4. The molecule has 4 nitrogen and oxygen atoms in total. The van der Waals surface area contributed by atoms with Gasteiger partial charge in [-0.1, -0.05) is 27.7 Å². The Labute approximate surface area is 116 Å². The molecule has 0 bridgehead atoms. The summed E-state index contributed by atoms with van der Waals surface area (Å²) in [5, 5.41) is 9.14. The van der Waals surface area contributed by atoms with E-state index in [2.05, 4.69) is 48.6 Å². The van der Waals surface area contributed by atoms with E-state index in [1.54, 1.807) is 12.4 Å². The van der Waals surface area contributed by atoms with E-state index < -0.39 is 0 Å². The van der Waals surface area contributed by atoms with Crippen LogP contribution in [0.15, 0.2) is 12.4 Å². The van der Waals surface area contributed by atoms with Gasteiger partial charge in [-0.3, -0.25) is 0 Å². The number of anilines is 1. The van der Waals surface area contributed by atoms with Gasteiger partial charge in [-0.05, 0) is 24.7 Å². The minimum atomic E-state index is 0.426. The van der Waals surface area contributed by atoms with Crippen LogP contribution in [0.2, 0.25) is 0 Å². The molecule has 0 aliphatic heterocycles. The molecule has 0 unspecified atom stereocenters. The normalized spacial score (nSPS) is 10.8. The first-order chi connectivity index (χ1) is 9.04. The van der Waals surface area contributed by atoms with Gasteiger partial charge in [0.25, 0.3) is 0 Å². The van der Waals surface area contributed by atoms with Crippen LogP contribution in [-0.4, -0.2) is 23.1 Å². The molecule has 1 rings (SSSR count). The van der Waals surface area contributed by atoms with Gasteiger partial charge >= 0.3 is 0 Å². The Morgan fingerprint density at radius 2 is 1.58 bits per heavy atom. The van der Waals surface area contributed by atoms with Crippen molar-refractivity contribution >= 4 is 5.82 Å². The van der Waals surface area contributed by atoms with Gasteiger partial charge in [-0.25, -0.2) is 9.97 Å². The Bertz CT molecular complexity index is 408. The molecule has 0 saturated heterocycles. The van der Waals surface area contributed by atoms with Gasteiger partial charge in [0.1, 0.15) is 6.07 Å². The summed E-state index contributed by atoms with van der Waals surface area (Å²) in [6.07, 6.45) is 5.43. The molecule has 0 N–H and O–H groups in total. The largest absolute Gasteiger partial charge is 0.354 e. The number of nitriles is 1. The fraction of sp³-hybridized carbons (Fsp3) is 0.667. The second-order valence-electron chi connectivity index (χ2n) is 5.69. The van der Waals surface area contributed by atoms with E-state index in [9.17, 15) is 0 Å². The molecule has 1 aromatic heterocycles. The Hall–Kier alpha value is -1.63. The average molecular weight is 260 g/mol. The van der Waals surface area contributed by atoms with Crippen molar-refractivity contribution < 1.29 is 0 Å². The van der Waals surface area contributed by atoms with Crippen LogP contribution in [0.25, 0.3) is 0 Å². The highest BCUT2D eigenvalue weighted by atomic mass is 15.2. The molecule has 0 radical (unpaired) electrons. The monoisotopic (exact) mass is 260 g/mol. The van der Waals surface area contributed by atoms with Crippen molar-refractivity contribution in [1.29, 1.82) is 5.26 Å². The summed E-state index contributed by atoms with van der Waals surface area (Å²) >= 11 is 0. The molecule has 0 aliphatic carbocycles. The molecule has 0 fully saturated rings. The molecule has 19 heavy (non-hydrogen) atoms. The van der Waals surface area contributed by atoms with E-state index in [0.29, 0.717) is 17.5 Å². The van der Waals surface area contributed by atoms with Crippen LogP contribution in [0.1, 0.15) is 46.2 Å². The second-order valence-corrected chi connectivity index (χ2v) is 5.69. The van der Waals surface area contributed by atoms with Crippen LogP contribution >= 0.6 is 0 Å². The lowest BCUT2D eigenvalue weighted by molar-refractivity contribution is 0.532. The van der Waals surface area contributed by atoms with Crippen molar-refractivity contribution in [3.8, 4) is 6.07 Å². The summed E-state index contributed by atoms with van der Waals surface area (Å²) in [7, 11) is 0. The Morgan fingerprint density at radius 3 is 2.05 bits per heavy atom. The minimum Gasteiger partial charge on any atom is -0.354 e. The van der Waals surface area contributed by atoms with Crippen LogP contribution < -0.4 is 4.90 Å². The molecule has 1 heterocycles. The predicted molar refractivity (Wildman–Crippen MR) is 77.9 cm³/mol. The van der Waals surface area contributed by atoms with Gasteiger partial charge in [0.15, 0.2) is 11.5 Å². The molecule has 0 spiro atoms. The molecule has 0 atom stereocenters. The lowest BCUT2D eigenvalue weighted by Gasteiger charge is -2.25. The molecule has 1 aromatic rings. The lowest BCUT2D eigenvalue weighted by Crippen LogP contribution is -2.29. The first-order valence-corrected chi connectivity index (χ1v) is 7.00. The number of hydrogen-bond donors (Lipinski definition) is 0. The van der Waals surface area contributed by atoms with E-state index >= 15 is 0 Å². The molecule has 0 aromatic carbocycles. The van der Waals surface area contributed by atoms with Crippen molar-refractivity contribution in [2.45, 2.75) is 40.5 Å². The number of nitrogens with zero attached hydrogens (tertiary/aromatic N) is 4. The Balaban J connectivity index is 2.84. The third-order valence-electron chi connectivity index (χ3n) is 3.04. The highest BCUT2D eigenvalue weighted by Gasteiger charge is 2.14. The quantitative estimate of drug-likeness (QED) is 0.755. The maximum Gasteiger partial charge on any atom is 0.183 e. The van der Waals surface area contributed by atoms with Crippen molar-refractivity contribution in [1.82, 2.24) is 9.97 Å². The Morgan fingerprint density at radius 1 is 1.05 bits per heavy atom. The summed E-state index contributed by atoms with van der Waals surface area (Å²) in [5.74, 6) is 2.01. The maximum atomic E-state index is 9.14. The number of aromatic nitrogens is 2. The zero-order chi connectivity index (χ0) is 14.3. The first kappa shape index (κ1) is 15.4. The Kier molecular flexibility index (Phi) is 6.27. The van der Waals surface area contributed by atoms with Crippen molar-refractivity contribution in [3.63, 3.8) is 0 Å². The summed E-state index contributed by atoms with van der Waals surface area (Å²) in [6.45, 7) is 10.7. The molecule has 0 amide bonds. The van der Waals surface area contributed by atoms with Gasteiger partial charge in [-0.15, -0.1) is 0 Å². The molecular weight excluding hydrogens is 236 g/mol. The standard InChI is InChI=1S/C15H24N4/c1-12(2)5-9-19(10-6-13(3)4)15-14(11-16)17-7-8-18-15/h7-8,12-13H,5-6,9-10H2,1-4H3. The van der Waals surface area contributed by atoms with Gasteiger partial charge in [0.2, 0.25) is 0 Å². The van der Waals surface area contributed by atoms with E-state index in [-0.39, 0.29) is 0 Å². The fourth-order valence-corrected chi connectivity index (χ4v) is 1.79. The highest BCUT2D eigenvalue weighted by molar-refractivity contribution is 5.49. The minimum absolute atomic E-state index is 0.426. The average Bonchev–Trinajstić information content (AvgIpc) is 2.38. The molecule has 0 aliphatic rings. The number of hydrogen-bond acceptors (Lipinski definition) is 4. The third kappa shape index (κ3) is 5.25. The molecule has 0 saturated carbocycles. The topological polar surface area (TPSA) is 52.8 Å². The van der Waals surface area contributed by atoms with Crippen LogP contribution in [0, 0.1) is 23.2 Å². The van der Waals surface area contributed by atoms with E-state index in [0.717, 1.165) is 31.7 Å². The second kappa shape index (κ2) is 7.73. The molecule has 4 heteroatoms. The van der Waals surface area contributed by atoms with Gasteiger partial charge in [0.05, 0.1) is 0 Å². The van der Waals surface area contributed by atoms with Crippen LogP contribution in [-0.2, 0) is 0 Å². The third-order valence-corrected chi connectivity index (χ3v) is 3.04. The van der Waals surface area contributed by atoms with E-state index in [4.69, 9.17) is 5.26 Å². The molecule has 104 valence electrons. The summed E-state index contributed by atoms with van der Waals surface area (Å²) < 4.78 is 0. The summed E-state index contributed by atoms with van der Waals surface area (Å²) in [6, 6.07) is 2.14. The zero-order valence-corrected chi connectivity index (χ0v) is 12.4. The van der Waals surface area contributed by atoms with E-state index in [1.807, 2.05) is 0 Å². The van der Waals surface area contributed by atoms with Crippen molar-refractivity contribution in [2.24, 2.45) is 11.8 Å². The SMILES string of the molecule is CC(C)CCN(CCC(C)C)c1nccnc1C#N. The van der Waals surface area contributed by atoms with Crippen molar-refractivity contribution in [2.75, 3.05) is 18.0 Å². The summed E-state index contributed by atoms with van der Waals surface area (Å²) in [5.41, 5.74) is 0.426. The van der Waals surface area contributed by atoms with Crippen molar-refractivity contribution in [3.05, 3.63) is 18.1 Å². The van der Waals surface area contributed by atoms with Gasteiger partial charge < -0.3 is 4.90 Å². The molecular formula is C15H24N4. The smallest absolute Gasteiger partial charge is 0.183 e. The first-order valence-electron chi connectivity index (χ1n) is 7.00. The van der Waals surface area contributed by atoms with Crippen LogP contribution in [0.4, 0.5) is 5.82 Å². The van der Waals surface area contributed by atoms with Crippen LogP contribution in [0.3, 0.4) is 0 Å². The van der Waals surface area contributed by atoms with Gasteiger partial charge in [-0.2, -0.15) is 5.26 Å². The lowest BCUT2D eigenvalue weighted by atomic mass is 10.1. The number of rotatable bonds is 7. The van der Waals surface area contributed by atoms with Gasteiger partial charge in [0, 0.05) is 25.5 Å². The van der Waals surface area contributed by atoms with E-state index in [1.165, 1.54) is 0 Å².